The summed E-state index contributed by atoms with van der Waals surface area (Å²) in [6, 6.07) is 11.3. The summed E-state index contributed by atoms with van der Waals surface area (Å²) in [5.74, 6) is 1.14. The smallest absolute Gasteiger partial charge is 0.267 e. The van der Waals surface area contributed by atoms with Crippen LogP contribution >= 0.6 is 0 Å². The quantitative estimate of drug-likeness (QED) is 0.739. The van der Waals surface area contributed by atoms with Crippen molar-refractivity contribution in [3.8, 4) is 0 Å². The van der Waals surface area contributed by atoms with E-state index < -0.39 is 0 Å². The van der Waals surface area contributed by atoms with Gasteiger partial charge in [0.05, 0.1) is 22.6 Å². The lowest BCUT2D eigenvalue weighted by atomic mass is 9.91. The molecule has 1 N–H and O–H groups in total. The van der Waals surface area contributed by atoms with Crippen molar-refractivity contribution in [2.24, 2.45) is 7.05 Å². The van der Waals surface area contributed by atoms with Crippen molar-refractivity contribution in [2.45, 2.75) is 56.5 Å². The molecule has 0 spiro atoms. The highest BCUT2D eigenvalue weighted by atomic mass is 16.1. The molecule has 0 aliphatic heterocycles. The van der Waals surface area contributed by atoms with Gasteiger partial charge in [0.1, 0.15) is 0 Å². The largest absolute Gasteiger partial charge is 0.353 e. The monoisotopic (exact) mass is 391 g/mol. The number of anilines is 1. The highest BCUT2D eigenvalue weighted by molar-refractivity contribution is 5.78. The molecule has 2 aromatic heterocycles. The maximum absolute atomic E-state index is 12.6. The summed E-state index contributed by atoms with van der Waals surface area (Å²) >= 11 is 0. The molecule has 29 heavy (non-hydrogen) atoms. The van der Waals surface area contributed by atoms with Crippen LogP contribution in [-0.4, -0.2) is 25.4 Å². The number of nitrogens with one attached hydrogen (secondary N) is 1. The van der Waals surface area contributed by atoms with E-state index in [9.17, 15) is 9.59 Å². The van der Waals surface area contributed by atoms with Crippen molar-refractivity contribution < 1.29 is 0 Å². The molecule has 2 heterocycles. The van der Waals surface area contributed by atoms with Crippen LogP contribution in [0.4, 0.5) is 5.95 Å². The molecule has 5 rings (SSSR count). The lowest BCUT2D eigenvalue weighted by molar-refractivity contribution is 0.301. The van der Waals surface area contributed by atoms with Crippen LogP contribution in [0.1, 0.15) is 56.2 Å². The molecule has 7 heteroatoms. The standard InChI is InChI=1S/C22H25N5O2/c1-26-21(29)17-4-2-3-5-19(17)24-22(26)23-15-8-10-16(11-9-15)27-20(28)13-12-18(25-27)14-6-7-14/h2-5,12-16H,6-11H2,1H3,(H,23,24). The SMILES string of the molecule is Cn1c(NC2CCC(n3nc(C4CC4)ccc3=O)CC2)nc2ccccc2c1=O. The van der Waals surface area contributed by atoms with E-state index in [2.05, 4.69) is 15.4 Å². The Labute approximate surface area is 168 Å². The number of hydrogen-bond donors (Lipinski definition) is 1. The van der Waals surface area contributed by atoms with Crippen molar-refractivity contribution in [1.29, 1.82) is 0 Å². The zero-order valence-corrected chi connectivity index (χ0v) is 16.5. The molecule has 2 fully saturated rings. The molecule has 0 saturated heterocycles. The van der Waals surface area contributed by atoms with Crippen LogP contribution < -0.4 is 16.4 Å². The molecule has 0 atom stereocenters. The van der Waals surface area contributed by atoms with Gasteiger partial charge in [-0.2, -0.15) is 5.10 Å². The summed E-state index contributed by atoms with van der Waals surface area (Å²) in [6.45, 7) is 0. The van der Waals surface area contributed by atoms with Crippen molar-refractivity contribution in [1.82, 2.24) is 19.3 Å². The summed E-state index contributed by atoms with van der Waals surface area (Å²) in [6.07, 6.45) is 5.96. The molecule has 0 bridgehead atoms. The fourth-order valence-corrected chi connectivity index (χ4v) is 4.29. The van der Waals surface area contributed by atoms with Crippen LogP contribution in [0.3, 0.4) is 0 Å². The van der Waals surface area contributed by atoms with Crippen LogP contribution in [0.2, 0.25) is 0 Å². The first-order chi connectivity index (χ1) is 14.1. The number of aromatic nitrogens is 4. The normalized spacial score (nSPS) is 22.0. The summed E-state index contributed by atoms with van der Waals surface area (Å²) in [4.78, 5) is 29.6. The van der Waals surface area contributed by atoms with Gasteiger partial charge >= 0.3 is 0 Å². The lowest BCUT2D eigenvalue weighted by Gasteiger charge is -2.30. The van der Waals surface area contributed by atoms with Crippen molar-refractivity contribution >= 4 is 16.9 Å². The Hall–Kier alpha value is -2.96. The predicted octanol–water partition coefficient (Wildman–Crippen LogP) is 2.96. The Kier molecular flexibility index (Phi) is 4.45. The topological polar surface area (TPSA) is 81.8 Å². The predicted molar refractivity (Wildman–Crippen MR) is 112 cm³/mol. The molecule has 1 aromatic carbocycles. The Balaban J connectivity index is 1.31. The average Bonchev–Trinajstić information content (AvgIpc) is 3.58. The molecule has 2 aliphatic rings. The molecule has 2 aliphatic carbocycles. The molecule has 3 aromatic rings. The number of nitrogens with zero attached hydrogens (tertiary/aromatic N) is 4. The van der Waals surface area contributed by atoms with Crippen molar-refractivity contribution in [2.75, 3.05) is 5.32 Å². The average molecular weight is 391 g/mol. The summed E-state index contributed by atoms with van der Waals surface area (Å²) in [5.41, 5.74) is 1.71. The molecule has 7 nitrogen and oxygen atoms in total. The number of rotatable bonds is 4. The first kappa shape index (κ1) is 18.1. The van der Waals surface area contributed by atoms with Gasteiger partial charge in [-0.05, 0) is 56.7 Å². The van der Waals surface area contributed by atoms with Gasteiger partial charge in [0.15, 0.2) is 0 Å². The van der Waals surface area contributed by atoms with Gasteiger partial charge in [-0.1, -0.05) is 12.1 Å². The van der Waals surface area contributed by atoms with E-state index in [0.29, 0.717) is 22.8 Å². The Morgan fingerprint density at radius 1 is 0.966 bits per heavy atom. The molecular weight excluding hydrogens is 366 g/mol. The van der Waals surface area contributed by atoms with Gasteiger partial charge in [-0.15, -0.1) is 0 Å². The van der Waals surface area contributed by atoms with Crippen LogP contribution in [-0.2, 0) is 7.05 Å². The van der Waals surface area contributed by atoms with Gasteiger partial charge in [0.25, 0.3) is 11.1 Å². The number of para-hydroxylation sites is 1. The second-order valence-electron chi connectivity index (χ2n) is 8.28. The maximum atomic E-state index is 12.6. The van der Waals surface area contributed by atoms with Crippen LogP contribution in [0.5, 0.6) is 0 Å². The molecule has 0 unspecified atom stereocenters. The van der Waals surface area contributed by atoms with E-state index in [4.69, 9.17) is 0 Å². The minimum atomic E-state index is -0.0422. The van der Waals surface area contributed by atoms with Crippen molar-refractivity contribution in [3.63, 3.8) is 0 Å². The molecule has 0 radical (unpaired) electrons. The van der Waals surface area contributed by atoms with E-state index in [1.165, 1.54) is 12.8 Å². The van der Waals surface area contributed by atoms with Crippen molar-refractivity contribution in [3.05, 3.63) is 62.8 Å². The molecule has 0 amide bonds. The van der Waals surface area contributed by atoms with E-state index in [1.807, 2.05) is 24.3 Å². The van der Waals surface area contributed by atoms with Gasteiger partial charge < -0.3 is 5.32 Å². The van der Waals surface area contributed by atoms with Crippen LogP contribution in [0, 0.1) is 0 Å². The van der Waals surface area contributed by atoms with Gasteiger partial charge in [-0.3, -0.25) is 14.2 Å². The van der Waals surface area contributed by atoms with E-state index >= 15 is 0 Å². The third-order valence-corrected chi connectivity index (χ3v) is 6.20. The Morgan fingerprint density at radius 2 is 1.72 bits per heavy atom. The molecular formula is C22H25N5O2. The first-order valence-electron chi connectivity index (χ1n) is 10.4. The van der Waals surface area contributed by atoms with Gasteiger partial charge in [0.2, 0.25) is 5.95 Å². The molecule has 2 saturated carbocycles. The zero-order valence-electron chi connectivity index (χ0n) is 16.5. The van der Waals surface area contributed by atoms with E-state index in [0.717, 1.165) is 31.4 Å². The third kappa shape index (κ3) is 3.45. The lowest BCUT2D eigenvalue weighted by Crippen LogP contribution is -2.35. The number of hydrogen-bond acceptors (Lipinski definition) is 5. The second-order valence-corrected chi connectivity index (χ2v) is 8.28. The van der Waals surface area contributed by atoms with Crippen LogP contribution in [0.15, 0.2) is 46.0 Å². The summed E-state index contributed by atoms with van der Waals surface area (Å²) in [5, 5.41) is 8.74. The van der Waals surface area contributed by atoms with Gasteiger partial charge in [0, 0.05) is 25.1 Å². The third-order valence-electron chi connectivity index (χ3n) is 6.20. The Bertz CT molecular complexity index is 1170. The van der Waals surface area contributed by atoms with Gasteiger partial charge in [-0.25, -0.2) is 9.67 Å². The molecule has 150 valence electrons. The fraction of sp³-hybridized carbons (Fsp3) is 0.455. The fourth-order valence-electron chi connectivity index (χ4n) is 4.29. The van der Waals surface area contributed by atoms with E-state index in [-0.39, 0.29) is 23.2 Å². The maximum Gasteiger partial charge on any atom is 0.267 e. The zero-order chi connectivity index (χ0) is 20.0. The highest BCUT2D eigenvalue weighted by Crippen LogP contribution is 2.38. The van der Waals surface area contributed by atoms with E-state index in [1.54, 1.807) is 28.4 Å². The minimum absolute atomic E-state index is 0.00981. The first-order valence-corrected chi connectivity index (χ1v) is 10.4. The number of fused-ring (bicyclic) bond motifs is 1. The summed E-state index contributed by atoms with van der Waals surface area (Å²) < 4.78 is 3.29. The van der Waals surface area contributed by atoms with Crippen LogP contribution in [0.25, 0.3) is 10.9 Å². The minimum Gasteiger partial charge on any atom is -0.353 e. The highest BCUT2D eigenvalue weighted by Gasteiger charge is 2.28. The second kappa shape index (κ2) is 7.13. The number of benzene rings is 1. The Morgan fingerprint density at radius 3 is 2.48 bits per heavy atom. The summed E-state index contributed by atoms with van der Waals surface area (Å²) in [7, 11) is 1.75.